The van der Waals surface area contributed by atoms with Crippen molar-refractivity contribution in [3.63, 3.8) is 0 Å². The molecule has 1 unspecified atom stereocenters. The lowest BCUT2D eigenvalue weighted by atomic mass is 10.3. The standard InChI is InChI=1S/C18H21FN4O3S/c1-13(22-27(25,26)16-7-4-14(19)5-8-16)18(24)21-15-6-9-17(20-12-15)23-10-2-3-11-23/h4-9,12-13,22H,2-3,10-11H2,1H3,(H,21,24). The van der Waals surface area contributed by atoms with E-state index in [4.69, 9.17) is 0 Å². The van der Waals surface area contributed by atoms with Crippen LogP contribution >= 0.6 is 0 Å². The number of sulfonamides is 1. The number of carbonyl (C=O) groups excluding carboxylic acids is 1. The lowest BCUT2D eigenvalue weighted by Gasteiger charge is -2.17. The number of rotatable bonds is 6. The third-order valence-electron chi connectivity index (χ3n) is 4.29. The highest BCUT2D eigenvalue weighted by Gasteiger charge is 2.22. The molecule has 0 radical (unpaired) electrons. The Morgan fingerprint density at radius 3 is 2.41 bits per heavy atom. The fourth-order valence-electron chi connectivity index (χ4n) is 2.81. The maximum absolute atomic E-state index is 12.9. The summed E-state index contributed by atoms with van der Waals surface area (Å²) in [7, 11) is -3.93. The van der Waals surface area contributed by atoms with Crippen LogP contribution in [0.3, 0.4) is 0 Å². The van der Waals surface area contributed by atoms with E-state index in [-0.39, 0.29) is 4.90 Å². The maximum atomic E-state index is 12.9. The van der Waals surface area contributed by atoms with Gasteiger partial charge in [0.15, 0.2) is 0 Å². The molecule has 2 heterocycles. The van der Waals surface area contributed by atoms with Gasteiger partial charge in [0.25, 0.3) is 0 Å². The predicted octanol–water partition coefficient (Wildman–Crippen LogP) is 2.13. The molecule has 2 aromatic rings. The van der Waals surface area contributed by atoms with E-state index in [1.165, 1.54) is 6.92 Å². The molecular weight excluding hydrogens is 371 g/mol. The van der Waals surface area contributed by atoms with Gasteiger partial charge in [0.05, 0.1) is 22.8 Å². The van der Waals surface area contributed by atoms with E-state index in [9.17, 15) is 17.6 Å². The number of hydrogen-bond donors (Lipinski definition) is 2. The molecule has 1 aromatic carbocycles. The van der Waals surface area contributed by atoms with Gasteiger partial charge >= 0.3 is 0 Å². The van der Waals surface area contributed by atoms with Crippen molar-refractivity contribution in [2.45, 2.75) is 30.7 Å². The summed E-state index contributed by atoms with van der Waals surface area (Å²) >= 11 is 0. The van der Waals surface area contributed by atoms with Crippen LogP contribution in [0.1, 0.15) is 19.8 Å². The molecule has 27 heavy (non-hydrogen) atoms. The van der Waals surface area contributed by atoms with Crippen molar-refractivity contribution < 1.29 is 17.6 Å². The molecule has 144 valence electrons. The van der Waals surface area contributed by atoms with Gasteiger partial charge in [-0.15, -0.1) is 0 Å². The van der Waals surface area contributed by atoms with Crippen LogP contribution in [0, 0.1) is 5.82 Å². The second kappa shape index (κ2) is 8.01. The number of anilines is 2. The largest absolute Gasteiger partial charge is 0.357 e. The SMILES string of the molecule is CC(NS(=O)(=O)c1ccc(F)cc1)C(=O)Nc1ccc(N2CCCC2)nc1. The van der Waals surface area contributed by atoms with Gasteiger partial charge in [-0.2, -0.15) is 4.72 Å². The van der Waals surface area contributed by atoms with Crippen molar-refractivity contribution in [1.82, 2.24) is 9.71 Å². The van der Waals surface area contributed by atoms with Gasteiger partial charge < -0.3 is 10.2 Å². The van der Waals surface area contributed by atoms with Crippen LogP contribution in [0.5, 0.6) is 0 Å². The summed E-state index contributed by atoms with van der Waals surface area (Å²) in [6.45, 7) is 3.38. The Hall–Kier alpha value is -2.52. The van der Waals surface area contributed by atoms with Crippen molar-refractivity contribution in [2.24, 2.45) is 0 Å². The second-order valence-corrected chi connectivity index (χ2v) is 8.10. The van der Waals surface area contributed by atoms with E-state index in [0.717, 1.165) is 56.0 Å². The number of amides is 1. The van der Waals surface area contributed by atoms with Gasteiger partial charge in [-0.3, -0.25) is 4.79 Å². The topological polar surface area (TPSA) is 91.4 Å². The zero-order valence-electron chi connectivity index (χ0n) is 14.9. The first-order valence-corrected chi connectivity index (χ1v) is 10.1. The third kappa shape index (κ3) is 4.81. The lowest BCUT2D eigenvalue weighted by Crippen LogP contribution is -2.41. The number of nitrogens with one attached hydrogen (secondary N) is 2. The van der Waals surface area contributed by atoms with Crippen LogP contribution in [-0.2, 0) is 14.8 Å². The quantitative estimate of drug-likeness (QED) is 0.786. The molecule has 0 aliphatic carbocycles. The molecule has 9 heteroatoms. The van der Waals surface area contributed by atoms with E-state index < -0.39 is 27.8 Å². The number of benzene rings is 1. The summed E-state index contributed by atoms with van der Waals surface area (Å²) < 4.78 is 39.8. The van der Waals surface area contributed by atoms with Crippen molar-refractivity contribution in [3.05, 3.63) is 48.4 Å². The van der Waals surface area contributed by atoms with Crippen LogP contribution in [0.15, 0.2) is 47.5 Å². The maximum Gasteiger partial charge on any atom is 0.242 e. The van der Waals surface area contributed by atoms with Crippen LogP contribution in [0.4, 0.5) is 15.9 Å². The molecule has 1 atom stereocenters. The summed E-state index contributed by atoms with van der Waals surface area (Å²) in [5, 5.41) is 2.64. The average Bonchev–Trinajstić information content (AvgIpc) is 3.17. The molecule has 3 rings (SSSR count). The number of pyridine rings is 1. The van der Waals surface area contributed by atoms with Gasteiger partial charge in [-0.25, -0.2) is 17.8 Å². The van der Waals surface area contributed by atoms with E-state index in [1.807, 2.05) is 6.07 Å². The summed E-state index contributed by atoms with van der Waals surface area (Å²) in [5.41, 5.74) is 0.482. The van der Waals surface area contributed by atoms with Crippen LogP contribution in [0.25, 0.3) is 0 Å². The van der Waals surface area contributed by atoms with Crippen molar-refractivity contribution in [1.29, 1.82) is 0 Å². The minimum atomic E-state index is -3.93. The molecular formula is C18H21FN4O3S. The van der Waals surface area contributed by atoms with Crippen molar-refractivity contribution >= 4 is 27.4 Å². The van der Waals surface area contributed by atoms with Gasteiger partial charge in [0.2, 0.25) is 15.9 Å². The highest BCUT2D eigenvalue weighted by molar-refractivity contribution is 7.89. The number of carbonyl (C=O) groups is 1. The molecule has 1 aliphatic rings. The summed E-state index contributed by atoms with van der Waals surface area (Å²) in [4.78, 5) is 18.7. The Balaban J connectivity index is 1.60. The van der Waals surface area contributed by atoms with Gasteiger partial charge in [0.1, 0.15) is 11.6 Å². The Kier molecular flexibility index (Phi) is 5.71. The summed E-state index contributed by atoms with van der Waals surface area (Å²) in [6.07, 6.45) is 3.84. The molecule has 2 N–H and O–H groups in total. The monoisotopic (exact) mass is 392 g/mol. The van der Waals surface area contributed by atoms with E-state index in [2.05, 4.69) is 19.9 Å². The molecule has 1 saturated heterocycles. The Morgan fingerprint density at radius 1 is 1.15 bits per heavy atom. The van der Waals surface area contributed by atoms with Gasteiger partial charge in [0, 0.05) is 13.1 Å². The molecule has 0 spiro atoms. The highest BCUT2D eigenvalue weighted by Crippen LogP contribution is 2.19. The molecule has 1 aliphatic heterocycles. The lowest BCUT2D eigenvalue weighted by molar-refractivity contribution is -0.117. The van der Waals surface area contributed by atoms with Gasteiger partial charge in [-0.1, -0.05) is 0 Å². The van der Waals surface area contributed by atoms with Crippen LogP contribution in [0.2, 0.25) is 0 Å². The Bertz CT molecular complexity index is 895. The molecule has 1 aromatic heterocycles. The van der Waals surface area contributed by atoms with Crippen LogP contribution < -0.4 is 14.9 Å². The molecule has 1 amide bonds. The molecule has 0 bridgehead atoms. The molecule has 0 saturated carbocycles. The fraction of sp³-hybridized carbons (Fsp3) is 0.333. The Morgan fingerprint density at radius 2 is 1.81 bits per heavy atom. The number of hydrogen-bond acceptors (Lipinski definition) is 5. The first-order valence-electron chi connectivity index (χ1n) is 8.65. The normalized spacial score (nSPS) is 15.6. The Labute approximate surface area is 157 Å². The number of aromatic nitrogens is 1. The highest BCUT2D eigenvalue weighted by atomic mass is 32.2. The van der Waals surface area contributed by atoms with E-state index in [1.54, 1.807) is 12.3 Å². The fourth-order valence-corrected chi connectivity index (χ4v) is 4.01. The van der Waals surface area contributed by atoms with E-state index in [0.29, 0.717) is 5.69 Å². The van der Waals surface area contributed by atoms with Crippen molar-refractivity contribution in [3.8, 4) is 0 Å². The minimum absolute atomic E-state index is 0.111. The first-order chi connectivity index (χ1) is 12.8. The second-order valence-electron chi connectivity index (χ2n) is 6.39. The van der Waals surface area contributed by atoms with Crippen LogP contribution in [-0.4, -0.2) is 38.4 Å². The summed E-state index contributed by atoms with van der Waals surface area (Å²) in [5.74, 6) is -0.198. The minimum Gasteiger partial charge on any atom is -0.357 e. The van der Waals surface area contributed by atoms with Crippen molar-refractivity contribution in [2.75, 3.05) is 23.3 Å². The number of halogens is 1. The average molecular weight is 392 g/mol. The molecule has 7 nitrogen and oxygen atoms in total. The first kappa shape index (κ1) is 19.2. The number of nitrogens with zero attached hydrogens (tertiary/aromatic N) is 2. The summed E-state index contributed by atoms with van der Waals surface area (Å²) in [6, 6.07) is 6.93. The predicted molar refractivity (Wildman–Crippen MR) is 100 cm³/mol. The third-order valence-corrected chi connectivity index (χ3v) is 5.85. The van der Waals surface area contributed by atoms with Gasteiger partial charge in [-0.05, 0) is 56.2 Å². The van der Waals surface area contributed by atoms with E-state index >= 15 is 0 Å². The molecule has 1 fully saturated rings. The zero-order chi connectivity index (χ0) is 19.4. The zero-order valence-corrected chi connectivity index (χ0v) is 15.7. The smallest absolute Gasteiger partial charge is 0.242 e.